The number of nitro groups is 1. The molecule has 0 aliphatic carbocycles. The molecule has 0 unspecified atom stereocenters. The Balaban J connectivity index is 2.32. The van der Waals surface area contributed by atoms with Crippen LogP contribution in [0.15, 0.2) is 28.9 Å². The van der Waals surface area contributed by atoms with Gasteiger partial charge in [-0.15, -0.1) is 0 Å². The maximum absolute atomic E-state index is 13.2. The van der Waals surface area contributed by atoms with Crippen LogP contribution in [0.25, 0.3) is 0 Å². The molecule has 0 atom stereocenters. The molecule has 0 fully saturated rings. The second-order valence-electron chi connectivity index (χ2n) is 3.47. The Morgan fingerprint density at radius 1 is 1.56 bits per heavy atom. The molecule has 1 aromatic carbocycles. The molecule has 8 heteroatoms. The fraction of sp³-hybridized carbons (Fsp3) is 0.100. The van der Waals surface area contributed by atoms with E-state index in [2.05, 4.69) is 21.0 Å². The lowest BCUT2D eigenvalue weighted by Gasteiger charge is -2.02. The molecule has 94 valence electrons. The van der Waals surface area contributed by atoms with Gasteiger partial charge in [-0.1, -0.05) is 23.7 Å². The van der Waals surface area contributed by atoms with Gasteiger partial charge in [0.15, 0.2) is 0 Å². The summed E-state index contributed by atoms with van der Waals surface area (Å²) < 4.78 is 14.8. The Labute approximate surface area is 114 Å². The zero-order valence-electron chi connectivity index (χ0n) is 8.81. The Hall–Kier alpha value is -1.47. The van der Waals surface area contributed by atoms with Crippen molar-refractivity contribution in [1.82, 2.24) is 9.78 Å². The molecule has 0 saturated heterocycles. The largest absolute Gasteiger partial charge is 0.404 e. The van der Waals surface area contributed by atoms with Crippen molar-refractivity contribution < 1.29 is 9.31 Å². The first-order chi connectivity index (χ1) is 8.49. The van der Waals surface area contributed by atoms with E-state index in [1.807, 2.05) is 0 Å². The van der Waals surface area contributed by atoms with Gasteiger partial charge in [0.25, 0.3) is 0 Å². The molecule has 0 bridgehead atoms. The number of benzene rings is 1. The third-order valence-corrected chi connectivity index (χ3v) is 3.22. The number of hydrogen-bond acceptors (Lipinski definition) is 3. The van der Waals surface area contributed by atoms with Crippen molar-refractivity contribution in [3.63, 3.8) is 0 Å². The molecule has 0 radical (unpaired) electrons. The second-order valence-corrected chi connectivity index (χ2v) is 4.70. The fourth-order valence-electron chi connectivity index (χ4n) is 1.44. The van der Waals surface area contributed by atoms with Crippen LogP contribution in [-0.2, 0) is 6.54 Å². The molecular weight excluding hydrogens is 328 g/mol. The van der Waals surface area contributed by atoms with Gasteiger partial charge in [0.2, 0.25) is 0 Å². The standard InChI is InChI=1S/C10H6BrClFN3O2/c11-7-5-15(14-10(7)16(17)18)4-6-2-1-3-8(13)9(6)12/h1-3,5H,4H2. The van der Waals surface area contributed by atoms with Crippen LogP contribution in [0.1, 0.15) is 5.56 Å². The van der Waals surface area contributed by atoms with E-state index in [9.17, 15) is 14.5 Å². The van der Waals surface area contributed by atoms with Crippen molar-refractivity contribution >= 4 is 33.3 Å². The van der Waals surface area contributed by atoms with Gasteiger partial charge in [0.1, 0.15) is 10.3 Å². The van der Waals surface area contributed by atoms with Crippen molar-refractivity contribution in [2.45, 2.75) is 6.54 Å². The summed E-state index contributed by atoms with van der Waals surface area (Å²) in [7, 11) is 0. The minimum atomic E-state index is -0.603. The molecule has 0 aliphatic heterocycles. The highest BCUT2D eigenvalue weighted by Gasteiger charge is 2.19. The Kier molecular flexibility index (Phi) is 3.63. The van der Waals surface area contributed by atoms with Gasteiger partial charge in [-0.05, 0) is 32.5 Å². The monoisotopic (exact) mass is 333 g/mol. The molecule has 2 aromatic rings. The summed E-state index contributed by atoms with van der Waals surface area (Å²) in [4.78, 5) is 10.0. The quantitative estimate of drug-likeness (QED) is 0.638. The van der Waals surface area contributed by atoms with E-state index in [1.165, 1.54) is 23.0 Å². The minimum absolute atomic E-state index is 0.00762. The molecule has 0 saturated carbocycles. The normalized spacial score (nSPS) is 10.6. The molecule has 1 aromatic heterocycles. The lowest BCUT2D eigenvalue weighted by molar-refractivity contribution is -0.390. The minimum Gasteiger partial charge on any atom is -0.358 e. The Morgan fingerprint density at radius 2 is 2.28 bits per heavy atom. The van der Waals surface area contributed by atoms with Crippen molar-refractivity contribution in [2.75, 3.05) is 0 Å². The van der Waals surface area contributed by atoms with Crippen molar-refractivity contribution in [3.05, 3.63) is 55.4 Å². The van der Waals surface area contributed by atoms with Gasteiger partial charge in [-0.2, -0.15) is 4.68 Å². The van der Waals surface area contributed by atoms with Crippen LogP contribution in [0.4, 0.5) is 10.2 Å². The first-order valence-corrected chi connectivity index (χ1v) is 5.96. The number of hydrogen-bond donors (Lipinski definition) is 0. The Bertz CT molecular complexity index is 617. The van der Waals surface area contributed by atoms with E-state index in [-0.39, 0.29) is 21.9 Å². The van der Waals surface area contributed by atoms with Gasteiger partial charge in [-0.3, -0.25) is 0 Å². The van der Waals surface area contributed by atoms with Crippen LogP contribution in [0, 0.1) is 15.9 Å². The molecule has 18 heavy (non-hydrogen) atoms. The lowest BCUT2D eigenvalue weighted by Crippen LogP contribution is -2.02. The van der Waals surface area contributed by atoms with Crippen LogP contribution in [0.3, 0.4) is 0 Å². The maximum atomic E-state index is 13.2. The van der Waals surface area contributed by atoms with Crippen LogP contribution < -0.4 is 0 Å². The highest BCUT2D eigenvalue weighted by Crippen LogP contribution is 2.24. The summed E-state index contributed by atoms with van der Waals surface area (Å²) in [5.74, 6) is -0.822. The number of rotatable bonds is 3. The van der Waals surface area contributed by atoms with E-state index in [0.29, 0.717) is 5.56 Å². The van der Waals surface area contributed by atoms with Crippen LogP contribution >= 0.6 is 27.5 Å². The first-order valence-electron chi connectivity index (χ1n) is 4.79. The molecule has 0 aliphatic rings. The average Bonchev–Trinajstić information content (AvgIpc) is 2.66. The number of halogens is 3. The van der Waals surface area contributed by atoms with Gasteiger partial charge >= 0.3 is 5.82 Å². The number of aromatic nitrogens is 2. The SMILES string of the molecule is O=[N+]([O-])c1nn(Cc2cccc(F)c2Cl)cc1Br. The smallest absolute Gasteiger partial charge is 0.358 e. The summed E-state index contributed by atoms with van der Waals surface area (Å²) in [5.41, 5.74) is 0.501. The highest BCUT2D eigenvalue weighted by atomic mass is 79.9. The van der Waals surface area contributed by atoms with E-state index in [4.69, 9.17) is 11.6 Å². The van der Waals surface area contributed by atoms with E-state index in [1.54, 1.807) is 6.07 Å². The third kappa shape index (κ3) is 2.51. The summed E-state index contributed by atoms with van der Waals surface area (Å²) in [6, 6.07) is 4.39. The summed E-state index contributed by atoms with van der Waals surface area (Å²) in [5, 5.41) is 14.4. The van der Waals surface area contributed by atoms with Crippen molar-refractivity contribution in [3.8, 4) is 0 Å². The average molecular weight is 335 g/mol. The van der Waals surface area contributed by atoms with Crippen molar-refractivity contribution in [1.29, 1.82) is 0 Å². The molecule has 0 N–H and O–H groups in total. The van der Waals surface area contributed by atoms with Crippen molar-refractivity contribution in [2.24, 2.45) is 0 Å². The van der Waals surface area contributed by atoms with Gasteiger partial charge in [0, 0.05) is 0 Å². The van der Waals surface area contributed by atoms with Gasteiger partial charge in [-0.25, -0.2) is 4.39 Å². The molecule has 0 amide bonds. The van der Waals surface area contributed by atoms with E-state index in [0.717, 1.165) is 0 Å². The van der Waals surface area contributed by atoms with E-state index >= 15 is 0 Å². The highest BCUT2D eigenvalue weighted by molar-refractivity contribution is 9.10. The summed E-state index contributed by atoms with van der Waals surface area (Å²) in [6.45, 7) is 0.156. The maximum Gasteiger partial charge on any atom is 0.404 e. The molecule has 1 heterocycles. The fourth-order valence-corrected chi connectivity index (χ4v) is 2.08. The summed E-state index contributed by atoms with van der Waals surface area (Å²) in [6.07, 6.45) is 1.44. The summed E-state index contributed by atoms with van der Waals surface area (Å²) >= 11 is 8.82. The van der Waals surface area contributed by atoms with Gasteiger partial charge in [0.05, 0.1) is 22.9 Å². The van der Waals surface area contributed by atoms with Gasteiger partial charge < -0.3 is 10.1 Å². The predicted molar refractivity (Wildman–Crippen MR) is 67.1 cm³/mol. The van der Waals surface area contributed by atoms with Crippen LogP contribution in [-0.4, -0.2) is 14.7 Å². The van der Waals surface area contributed by atoms with Crippen LogP contribution in [0.5, 0.6) is 0 Å². The topological polar surface area (TPSA) is 61.0 Å². The molecular formula is C10H6BrClFN3O2. The number of nitrogens with zero attached hydrogens (tertiary/aromatic N) is 3. The molecule has 0 spiro atoms. The zero-order chi connectivity index (χ0) is 13.3. The van der Waals surface area contributed by atoms with Crippen LogP contribution in [0.2, 0.25) is 5.02 Å². The first kappa shape index (κ1) is 13.0. The predicted octanol–water partition coefficient (Wildman–Crippen LogP) is 3.39. The molecule has 2 rings (SSSR count). The second kappa shape index (κ2) is 5.03. The van der Waals surface area contributed by atoms with E-state index < -0.39 is 10.7 Å². The lowest BCUT2D eigenvalue weighted by atomic mass is 10.2. The zero-order valence-corrected chi connectivity index (χ0v) is 11.2. The molecule has 5 nitrogen and oxygen atoms in total. The Morgan fingerprint density at radius 3 is 2.89 bits per heavy atom. The third-order valence-electron chi connectivity index (χ3n) is 2.24.